The first-order valence-electron chi connectivity index (χ1n) is 6.78. The Hall–Kier alpha value is -1.08. The van der Waals surface area contributed by atoms with E-state index in [2.05, 4.69) is 10.6 Å². The molecule has 0 radical (unpaired) electrons. The quantitative estimate of drug-likeness (QED) is 0.882. The summed E-state index contributed by atoms with van der Waals surface area (Å²) in [5, 5.41) is 6.16. The van der Waals surface area contributed by atoms with Gasteiger partial charge < -0.3 is 20.1 Å². The summed E-state index contributed by atoms with van der Waals surface area (Å²) >= 11 is 1.80. The second-order valence-corrected chi connectivity index (χ2v) is 5.92. The van der Waals surface area contributed by atoms with Crippen LogP contribution in [0.2, 0.25) is 0 Å². The average molecular weight is 294 g/mol. The molecule has 3 rings (SSSR count). The lowest BCUT2D eigenvalue weighted by Crippen LogP contribution is -2.46. The van der Waals surface area contributed by atoms with Gasteiger partial charge in [0.15, 0.2) is 6.29 Å². The van der Waals surface area contributed by atoms with Crippen molar-refractivity contribution in [3.8, 4) is 0 Å². The van der Waals surface area contributed by atoms with Gasteiger partial charge in [0, 0.05) is 29.3 Å². The lowest BCUT2D eigenvalue weighted by Gasteiger charge is -2.22. The van der Waals surface area contributed by atoms with E-state index in [4.69, 9.17) is 9.47 Å². The van der Waals surface area contributed by atoms with E-state index in [0.29, 0.717) is 13.2 Å². The number of amides is 1. The molecule has 20 heavy (non-hydrogen) atoms. The molecule has 2 aliphatic heterocycles. The number of carbonyl (C=O) groups is 1. The molecule has 1 atom stereocenters. The molecule has 2 N–H and O–H groups in total. The van der Waals surface area contributed by atoms with Crippen LogP contribution in [0.3, 0.4) is 0 Å². The maximum atomic E-state index is 12.1. The first kappa shape index (κ1) is 13.9. The summed E-state index contributed by atoms with van der Waals surface area (Å²) in [5.41, 5.74) is 1.78. The van der Waals surface area contributed by atoms with E-state index in [0.717, 1.165) is 29.3 Å². The van der Waals surface area contributed by atoms with Gasteiger partial charge in [-0.2, -0.15) is 11.8 Å². The average Bonchev–Trinajstić information content (AvgIpc) is 3.03. The molecule has 2 aliphatic rings. The third-order valence-corrected chi connectivity index (χ3v) is 4.37. The van der Waals surface area contributed by atoms with E-state index in [1.807, 2.05) is 24.3 Å². The standard InChI is InChI=1S/C14H18N2O3S/c17-13(12-9-20-8-5-15-12)16-11-3-1-10(2-4-11)14-18-6-7-19-14/h1-4,12,14-15H,5-9H2,(H,16,17). The predicted molar refractivity (Wildman–Crippen MR) is 78.8 cm³/mol. The molecule has 1 unspecified atom stereocenters. The molecule has 0 aliphatic carbocycles. The molecular weight excluding hydrogens is 276 g/mol. The van der Waals surface area contributed by atoms with Crippen molar-refractivity contribution in [1.29, 1.82) is 0 Å². The molecule has 2 fully saturated rings. The van der Waals surface area contributed by atoms with Crippen LogP contribution in [0.5, 0.6) is 0 Å². The molecule has 0 saturated carbocycles. The molecule has 108 valence electrons. The van der Waals surface area contributed by atoms with Crippen molar-refractivity contribution in [3.05, 3.63) is 29.8 Å². The fourth-order valence-corrected chi connectivity index (χ4v) is 3.17. The molecule has 1 aromatic carbocycles. The summed E-state index contributed by atoms with van der Waals surface area (Å²) in [7, 11) is 0. The van der Waals surface area contributed by atoms with Gasteiger partial charge in [0.2, 0.25) is 5.91 Å². The molecular formula is C14H18N2O3S. The second kappa shape index (κ2) is 6.58. The van der Waals surface area contributed by atoms with Crippen LogP contribution in [0.4, 0.5) is 5.69 Å². The number of carbonyl (C=O) groups excluding carboxylic acids is 1. The van der Waals surface area contributed by atoms with Gasteiger partial charge in [0.1, 0.15) is 0 Å². The van der Waals surface area contributed by atoms with Crippen molar-refractivity contribution in [2.24, 2.45) is 0 Å². The van der Waals surface area contributed by atoms with Crippen LogP contribution < -0.4 is 10.6 Å². The van der Waals surface area contributed by atoms with Crippen LogP contribution in [0.15, 0.2) is 24.3 Å². The molecule has 1 amide bonds. The van der Waals surface area contributed by atoms with E-state index in [-0.39, 0.29) is 18.2 Å². The van der Waals surface area contributed by atoms with Gasteiger partial charge in [-0.25, -0.2) is 0 Å². The van der Waals surface area contributed by atoms with E-state index in [1.165, 1.54) is 0 Å². The summed E-state index contributed by atoms with van der Waals surface area (Å²) in [6.07, 6.45) is -0.267. The third-order valence-electron chi connectivity index (χ3n) is 3.31. The number of rotatable bonds is 3. The molecule has 5 nitrogen and oxygen atoms in total. The van der Waals surface area contributed by atoms with Gasteiger partial charge in [0.25, 0.3) is 0 Å². The number of ether oxygens (including phenoxy) is 2. The van der Waals surface area contributed by atoms with Gasteiger partial charge in [-0.3, -0.25) is 4.79 Å². The zero-order valence-electron chi connectivity index (χ0n) is 11.1. The van der Waals surface area contributed by atoms with Crippen LogP contribution >= 0.6 is 11.8 Å². The van der Waals surface area contributed by atoms with Crippen LogP contribution in [0.1, 0.15) is 11.9 Å². The molecule has 1 aromatic rings. The Balaban J connectivity index is 1.58. The Morgan fingerprint density at radius 2 is 2.00 bits per heavy atom. The maximum Gasteiger partial charge on any atom is 0.242 e. The van der Waals surface area contributed by atoms with Crippen LogP contribution in [0, 0.1) is 0 Å². The summed E-state index contributed by atoms with van der Waals surface area (Å²) in [5.74, 6) is 1.92. The Labute approximate surface area is 122 Å². The molecule has 0 bridgehead atoms. The SMILES string of the molecule is O=C(Nc1ccc(C2OCCO2)cc1)C1CSCCN1. The summed E-state index contributed by atoms with van der Waals surface area (Å²) in [6, 6.07) is 7.51. The number of hydrogen-bond acceptors (Lipinski definition) is 5. The predicted octanol–water partition coefficient (Wildman–Crippen LogP) is 1.38. The zero-order chi connectivity index (χ0) is 13.8. The molecule has 2 saturated heterocycles. The molecule has 2 heterocycles. The van der Waals surface area contributed by atoms with Crippen molar-refractivity contribution >= 4 is 23.4 Å². The lowest BCUT2D eigenvalue weighted by molar-refractivity contribution is -0.117. The van der Waals surface area contributed by atoms with Crippen molar-refractivity contribution in [1.82, 2.24) is 5.32 Å². The highest BCUT2D eigenvalue weighted by Gasteiger charge is 2.21. The lowest BCUT2D eigenvalue weighted by atomic mass is 10.2. The van der Waals surface area contributed by atoms with Gasteiger partial charge >= 0.3 is 0 Å². The monoisotopic (exact) mass is 294 g/mol. The Bertz CT molecular complexity index is 454. The van der Waals surface area contributed by atoms with Crippen LogP contribution in [0.25, 0.3) is 0 Å². The van der Waals surface area contributed by atoms with Crippen LogP contribution in [-0.4, -0.2) is 43.2 Å². The third kappa shape index (κ3) is 3.32. The minimum atomic E-state index is -0.267. The fourth-order valence-electron chi connectivity index (χ4n) is 2.24. The minimum Gasteiger partial charge on any atom is -0.346 e. The Kier molecular flexibility index (Phi) is 4.57. The largest absolute Gasteiger partial charge is 0.346 e. The fraction of sp³-hybridized carbons (Fsp3) is 0.500. The van der Waals surface area contributed by atoms with Crippen molar-refractivity contribution in [2.45, 2.75) is 12.3 Å². The van der Waals surface area contributed by atoms with E-state index < -0.39 is 0 Å². The van der Waals surface area contributed by atoms with E-state index in [1.54, 1.807) is 11.8 Å². The van der Waals surface area contributed by atoms with Gasteiger partial charge in [0.05, 0.1) is 19.3 Å². The highest BCUT2D eigenvalue weighted by Crippen LogP contribution is 2.24. The summed E-state index contributed by atoms with van der Waals surface area (Å²) in [4.78, 5) is 12.1. The highest BCUT2D eigenvalue weighted by molar-refractivity contribution is 7.99. The normalized spacial score (nSPS) is 23.7. The van der Waals surface area contributed by atoms with E-state index >= 15 is 0 Å². The highest BCUT2D eigenvalue weighted by atomic mass is 32.2. The Morgan fingerprint density at radius 1 is 1.25 bits per heavy atom. The molecule has 6 heteroatoms. The van der Waals surface area contributed by atoms with Crippen molar-refractivity contribution in [2.75, 3.05) is 36.6 Å². The second-order valence-electron chi connectivity index (χ2n) is 4.77. The number of hydrogen-bond donors (Lipinski definition) is 2. The Morgan fingerprint density at radius 3 is 2.65 bits per heavy atom. The molecule has 0 aromatic heterocycles. The summed E-state index contributed by atoms with van der Waals surface area (Å²) < 4.78 is 10.9. The number of nitrogens with one attached hydrogen (secondary N) is 2. The van der Waals surface area contributed by atoms with Crippen molar-refractivity contribution in [3.63, 3.8) is 0 Å². The van der Waals surface area contributed by atoms with Gasteiger partial charge in [-0.05, 0) is 12.1 Å². The van der Waals surface area contributed by atoms with Gasteiger partial charge in [-0.1, -0.05) is 12.1 Å². The maximum absolute atomic E-state index is 12.1. The first-order chi connectivity index (χ1) is 9.83. The molecule has 0 spiro atoms. The van der Waals surface area contributed by atoms with Crippen LogP contribution in [-0.2, 0) is 14.3 Å². The number of benzene rings is 1. The van der Waals surface area contributed by atoms with E-state index in [9.17, 15) is 4.79 Å². The smallest absolute Gasteiger partial charge is 0.242 e. The van der Waals surface area contributed by atoms with Gasteiger partial charge in [-0.15, -0.1) is 0 Å². The summed E-state index contributed by atoms with van der Waals surface area (Å²) in [6.45, 7) is 2.15. The first-order valence-corrected chi connectivity index (χ1v) is 7.93. The van der Waals surface area contributed by atoms with Crippen molar-refractivity contribution < 1.29 is 14.3 Å². The number of thioether (sulfide) groups is 1. The minimum absolute atomic E-state index is 0.0262. The topological polar surface area (TPSA) is 59.6 Å². The number of anilines is 1. The zero-order valence-corrected chi connectivity index (χ0v) is 11.9.